The van der Waals surface area contributed by atoms with Crippen molar-refractivity contribution in [3.8, 4) is 11.5 Å². The number of rotatable bonds is 5. The normalized spacial score (nSPS) is 11.2. The number of alkyl halides is 3. The molecule has 0 unspecified atom stereocenters. The van der Waals surface area contributed by atoms with Crippen molar-refractivity contribution >= 4 is 22.8 Å². The molecule has 0 aliphatic carbocycles. The van der Waals surface area contributed by atoms with Crippen LogP contribution in [0.3, 0.4) is 0 Å². The summed E-state index contributed by atoms with van der Waals surface area (Å²) in [5.41, 5.74) is 4.66. The second-order valence-corrected chi connectivity index (χ2v) is 6.08. The van der Waals surface area contributed by atoms with E-state index < -0.39 is 30.4 Å². The highest BCUT2D eigenvalue weighted by Crippen LogP contribution is 2.31. The topological polar surface area (TPSA) is 94.5 Å². The molecule has 0 radical (unpaired) electrons. The molecule has 0 aliphatic rings. The Balaban J connectivity index is 1.73. The first-order chi connectivity index (χ1) is 14.2. The summed E-state index contributed by atoms with van der Waals surface area (Å²) in [5.74, 6) is -2.04. The van der Waals surface area contributed by atoms with Gasteiger partial charge in [0.2, 0.25) is 5.82 Å². The van der Waals surface area contributed by atoms with E-state index >= 15 is 0 Å². The summed E-state index contributed by atoms with van der Waals surface area (Å²) in [6.45, 7) is -0.693. The van der Waals surface area contributed by atoms with E-state index in [0.717, 1.165) is 4.57 Å². The number of hydrogen-bond acceptors (Lipinski definition) is 5. The minimum atomic E-state index is -4.75. The van der Waals surface area contributed by atoms with E-state index in [1.165, 1.54) is 50.6 Å². The molecule has 158 valence electrons. The zero-order valence-corrected chi connectivity index (χ0v) is 15.9. The van der Waals surface area contributed by atoms with Crippen LogP contribution in [-0.4, -0.2) is 35.6 Å². The predicted molar refractivity (Wildman–Crippen MR) is 99.9 cm³/mol. The SMILES string of the molecule is COc1ccc(C(=O)NNC(=O)Cn2c(C(F)(F)F)nc3ccccc32)cc1OC. The first-order valence-corrected chi connectivity index (χ1v) is 8.58. The lowest BCUT2D eigenvalue weighted by Crippen LogP contribution is -2.43. The van der Waals surface area contributed by atoms with Crippen molar-refractivity contribution in [2.24, 2.45) is 0 Å². The quantitative estimate of drug-likeness (QED) is 0.617. The summed E-state index contributed by atoms with van der Waals surface area (Å²) in [4.78, 5) is 28.0. The van der Waals surface area contributed by atoms with E-state index in [9.17, 15) is 22.8 Å². The number of amides is 2. The molecule has 0 aliphatic heterocycles. The van der Waals surface area contributed by atoms with E-state index in [2.05, 4.69) is 15.8 Å². The second-order valence-electron chi connectivity index (χ2n) is 6.08. The molecule has 1 heterocycles. The largest absolute Gasteiger partial charge is 0.493 e. The zero-order valence-electron chi connectivity index (χ0n) is 15.9. The highest BCUT2D eigenvalue weighted by atomic mass is 19.4. The summed E-state index contributed by atoms with van der Waals surface area (Å²) >= 11 is 0. The van der Waals surface area contributed by atoms with E-state index in [1.54, 1.807) is 6.07 Å². The van der Waals surface area contributed by atoms with Crippen LogP contribution < -0.4 is 20.3 Å². The molecular formula is C19H17F3N4O4. The number of methoxy groups -OCH3 is 2. The van der Waals surface area contributed by atoms with Gasteiger partial charge in [-0.3, -0.25) is 20.4 Å². The molecule has 2 N–H and O–H groups in total. The second kappa shape index (κ2) is 8.31. The number of nitrogens with one attached hydrogen (secondary N) is 2. The molecule has 11 heteroatoms. The number of para-hydroxylation sites is 2. The molecule has 2 amide bonds. The van der Waals surface area contributed by atoms with Crippen LogP contribution in [0.25, 0.3) is 11.0 Å². The van der Waals surface area contributed by atoms with Gasteiger partial charge in [0.15, 0.2) is 11.5 Å². The maximum atomic E-state index is 13.3. The van der Waals surface area contributed by atoms with Gasteiger partial charge in [0.1, 0.15) is 6.54 Å². The molecule has 1 aromatic heterocycles. The van der Waals surface area contributed by atoms with Crippen molar-refractivity contribution in [3.63, 3.8) is 0 Å². The highest BCUT2D eigenvalue weighted by Gasteiger charge is 2.38. The number of halogens is 3. The minimum absolute atomic E-state index is 0.104. The first kappa shape index (κ1) is 21.0. The lowest BCUT2D eigenvalue weighted by molar-refractivity contribution is -0.147. The molecular weight excluding hydrogens is 405 g/mol. The van der Waals surface area contributed by atoms with Crippen LogP contribution in [0, 0.1) is 0 Å². The van der Waals surface area contributed by atoms with Crippen LogP contribution in [0.15, 0.2) is 42.5 Å². The number of carbonyl (C=O) groups excluding carboxylic acids is 2. The van der Waals surface area contributed by atoms with Crippen molar-refractivity contribution in [2.45, 2.75) is 12.7 Å². The third-order valence-electron chi connectivity index (χ3n) is 4.17. The van der Waals surface area contributed by atoms with Crippen LogP contribution in [-0.2, 0) is 17.5 Å². The predicted octanol–water partition coefficient (Wildman–Crippen LogP) is 2.53. The molecule has 8 nitrogen and oxygen atoms in total. The van der Waals surface area contributed by atoms with E-state index in [1.807, 2.05) is 0 Å². The number of aromatic nitrogens is 2. The summed E-state index contributed by atoms with van der Waals surface area (Å²) in [6, 6.07) is 10.3. The van der Waals surface area contributed by atoms with Gasteiger partial charge in [-0.1, -0.05) is 12.1 Å². The maximum absolute atomic E-state index is 13.3. The Hall–Kier alpha value is -3.76. The zero-order chi connectivity index (χ0) is 21.9. The Morgan fingerprint density at radius 3 is 2.40 bits per heavy atom. The van der Waals surface area contributed by atoms with Gasteiger partial charge < -0.3 is 14.0 Å². The van der Waals surface area contributed by atoms with Gasteiger partial charge in [-0.15, -0.1) is 0 Å². The average molecular weight is 422 g/mol. The highest BCUT2D eigenvalue weighted by molar-refractivity contribution is 5.96. The Kier molecular flexibility index (Phi) is 5.81. The van der Waals surface area contributed by atoms with E-state index in [-0.39, 0.29) is 16.6 Å². The van der Waals surface area contributed by atoms with Gasteiger partial charge >= 0.3 is 6.18 Å². The number of hydrogen-bond donors (Lipinski definition) is 2. The Morgan fingerprint density at radius 2 is 1.73 bits per heavy atom. The fraction of sp³-hybridized carbons (Fsp3) is 0.211. The lowest BCUT2D eigenvalue weighted by Gasteiger charge is -2.13. The summed E-state index contributed by atoms with van der Waals surface area (Å²) in [5, 5.41) is 0. The summed E-state index contributed by atoms with van der Waals surface area (Å²) in [6.07, 6.45) is -4.75. The molecule has 0 atom stereocenters. The maximum Gasteiger partial charge on any atom is 0.449 e. The average Bonchev–Trinajstić information content (AvgIpc) is 3.10. The van der Waals surface area contributed by atoms with Crippen LogP contribution >= 0.6 is 0 Å². The smallest absolute Gasteiger partial charge is 0.449 e. The van der Waals surface area contributed by atoms with Crippen LogP contribution in [0.4, 0.5) is 13.2 Å². The number of imidazole rings is 1. The molecule has 0 saturated carbocycles. The van der Waals surface area contributed by atoms with Crippen LogP contribution in [0.1, 0.15) is 16.2 Å². The van der Waals surface area contributed by atoms with Gasteiger partial charge in [0.05, 0.1) is 25.3 Å². The number of carbonyl (C=O) groups is 2. The lowest BCUT2D eigenvalue weighted by atomic mass is 10.2. The van der Waals surface area contributed by atoms with Gasteiger partial charge in [-0.2, -0.15) is 13.2 Å². The molecule has 3 aromatic rings. The molecule has 0 bridgehead atoms. The number of benzene rings is 2. The Bertz CT molecular complexity index is 1100. The van der Waals surface area contributed by atoms with E-state index in [0.29, 0.717) is 11.5 Å². The van der Waals surface area contributed by atoms with Crippen LogP contribution in [0.2, 0.25) is 0 Å². The number of fused-ring (bicyclic) bond motifs is 1. The third kappa shape index (κ3) is 4.29. The van der Waals surface area contributed by atoms with Crippen molar-refractivity contribution in [1.82, 2.24) is 20.4 Å². The van der Waals surface area contributed by atoms with Crippen molar-refractivity contribution in [3.05, 3.63) is 53.9 Å². The molecule has 30 heavy (non-hydrogen) atoms. The van der Waals surface area contributed by atoms with Gasteiger partial charge in [0.25, 0.3) is 11.8 Å². The van der Waals surface area contributed by atoms with Crippen molar-refractivity contribution < 1.29 is 32.2 Å². The molecule has 0 saturated heterocycles. The standard InChI is InChI=1S/C19H17F3N4O4/c1-29-14-8-7-11(9-15(14)30-2)17(28)25-24-16(27)10-26-13-6-4-3-5-12(13)23-18(26)19(20,21)22/h3-9H,10H2,1-2H3,(H,24,27)(H,25,28). The molecule has 3 rings (SSSR count). The number of ether oxygens (including phenoxy) is 2. The fourth-order valence-corrected chi connectivity index (χ4v) is 2.81. The molecule has 0 spiro atoms. The summed E-state index contributed by atoms with van der Waals surface area (Å²) in [7, 11) is 2.84. The van der Waals surface area contributed by atoms with Gasteiger partial charge in [-0.25, -0.2) is 4.98 Å². The minimum Gasteiger partial charge on any atom is -0.493 e. The number of hydrazine groups is 1. The van der Waals surface area contributed by atoms with Gasteiger partial charge in [-0.05, 0) is 30.3 Å². The Labute approximate surface area is 168 Å². The first-order valence-electron chi connectivity index (χ1n) is 8.58. The van der Waals surface area contributed by atoms with E-state index in [4.69, 9.17) is 9.47 Å². The van der Waals surface area contributed by atoms with Crippen molar-refractivity contribution in [1.29, 1.82) is 0 Å². The number of nitrogens with zero attached hydrogens (tertiary/aromatic N) is 2. The monoisotopic (exact) mass is 422 g/mol. The summed E-state index contributed by atoms with van der Waals surface area (Å²) < 4.78 is 50.8. The fourth-order valence-electron chi connectivity index (χ4n) is 2.81. The molecule has 2 aromatic carbocycles. The third-order valence-corrected chi connectivity index (χ3v) is 4.17. The van der Waals surface area contributed by atoms with Gasteiger partial charge in [0, 0.05) is 5.56 Å². The van der Waals surface area contributed by atoms with Crippen LogP contribution in [0.5, 0.6) is 11.5 Å². The van der Waals surface area contributed by atoms with Crippen molar-refractivity contribution in [2.75, 3.05) is 14.2 Å². The Morgan fingerprint density at radius 1 is 1.03 bits per heavy atom. The molecule has 0 fully saturated rings.